The van der Waals surface area contributed by atoms with Gasteiger partial charge in [-0.2, -0.15) is 5.26 Å². The number of aryl methyl sites for hydroxylation is 1. The summed E-state index contributed by atoms with van der Waals surface area (Å²) in [5.74, 6) is 0. The summed E-state index contributed by atoms with van der Waals surface area (Å²) in [6.45, 7) is 8.04. The fourth-order valence-electron chi connectivity index (χ4n) is 5.33. The van der Waals surface area contributed by atoms with Gasteiger partial charge in [0.15, 0.2) is 0 Å². The SMILES string of the molecule is Cc1ccc(Nc2c(C#N)cnc3c(Cl)cc(N[C@H](C4=CN(C(C)C)NN4)c4ccc5c(c4)CNCC5)cc23)cc1Cl. The van der Waals surface area contributed by atoms with Gasteiger partial charge < -0.3 is 21.4 Å². The zero-order chi connectivity index (χ0) is 29.4. The molecule has 0 amide bonds. The van der Waals surface area contributed by atoms with Gasteiger partial charge in [0.1, 0.15) is 6.07 Å². The van der Waals surface area contributed by atoms with Crippen molar-refractivity contribution in [2.24, 2.45) is 0 Å². The number of anilines is 3. The van der Waals surface area contributed by atoms with E-state index in [0.717, 1.165) is 53.1 Å². The Labute approximate surface area is 255 Å². The molecule has 3 heterocycles. The molecule has 3 aromatic carbocycles. The van der Waals surface area contributed by atoms with Gasteiger partial charge in [-0.15, -0.1) is 5.53 Å². The third kappa shape index (κ3) is 5.57. The second-order valence-electron chi connectivity index (χ2n) is 11.0. The van der Waals surface area contributed by atoms with Crippen molar-refractivity contribution in [3.05, 3.63) is 104 Å². The average molecular weight is 600 g/mol. The van der Waals surface area contributed by atoms with E-state index in [9.17, 15) is 5.26 Å². The second kappa shape index (κ2) is 11.7. The minimum absolute atomic E-state index is 0.207. The summed E-state index contributed by atoms with van der Waals surface area (Å²) in [6.07, 6.45) is 4.66. The number of aromatic nitrogens is 1. The summed E-state index contributed by atoms with van der Waals surface area (Å²) >= 11 is 13.2. The molecule has 0 aliphatic carbocycles. The van der Waals surface area contributed by atoms with Gasteiger partial charge in [0.2, 0.25) is 0 Å². The maximum absolute atomic E-state index is 9.96. The van der Waals surface area contributed by atoms with E-state index in [-0.39, 0.29) is 12.1 Å². The number of hydrogen-bond donors (Lipinski definition) is 5. The van der Waals surface area contributed by atoms with Crippen LogP contribution in [0.25, 0.3) is 10.9 Å². The number of halogens is 2. The highest BCUT2D eigenvalue weighted by molar-refractivity contribution is 6.36. The lowest BCUT2D eigenvalue weighted by Gasteiger charge is -2.25. The van der Waals surface area contributed by atoms with Crippen LogP contribution in [0.15, 0.2) is 66.6 Å². The highest BCUT2D eigenvalue weighted by Gasteiger charge is 2.25. The van der Waals surface area contributed by atoms with Gasteiger partial charge in [0, 0.05) is 46.8 Å². The number of nitriles is 1. The largest absolute Gasteiger partial charge is 0.373 e. The minimum atomic E-state index is -0.207. The van der Waals surface area contributed by atoms with Crippen LogP contribution < -0.4 is 26.9 Å². The molecular weight excluding hydrogens is 567 g/mol. The average Bonchev–Trinajstić information content (AvgIpc) is 3.48. The van der Waals surface area contributed by atoms with Gasteiger partial charge in [-0.3, -0.25) is 9.99 Å². The Balaban J connectivity index is 1.43. The highest BCUT2D eigenvalue weighted by Crippen LogP contribution is 2.37. The van der Waals surface area contributed by atoms with Crippen LogP contribution in [0.4, 0.5) is 17.1 Å². The predicted molar refractivity (Wildman–Crippen MR) is 170 cm³/mol. The van der Waals surface area contributed by atoms with Crippen molar-refractivity contribution >= 4 is 51.2 Å². The van der Waals surface area contributed by atoms with Crippen LogP contribution in [0.2, 0.25) is 10.0 Å². The smallest absolute Gasteiger partial charge is 0.103 e. The molecule has 0 spiro atoms. The summed E-state index contributed by atoms with van der Waals surface area (Å²) in [5.41, 5.74) is 15.5. The highest BCUT2D eigenvalue weighted by atomic mass is 35.5. The standard InChI is InChI=1S/C32H32Cl2N8/c1-18(2)42-17-29(40-41-42)31(21-6-5-20-8-9-36-15-22(20)10-21)39-25-11-26-30(38-24-7-4-19(3)27(33)12-24)23(14-35)16-37-32(26)28(34)13-25/h4-7,10-13,16-18,31,36,39-41H,8-9,15H2,1-3H3,(H,37,38)/t31-/m0/s1. The number of hydrazine groups is 2. The molecule has 0 fully saturated rings. The van der Waals surface area contributed by atoms with Crippen molar-refractivity contribution in [2.45, 2.75) is 45.8 Å². The van der Waals surface area contributed by atoms with Crippen molar-refractivity contribution in [2.75, 3.05) is 17.2 Å². The zero-order valence-electron chi connectivity index (χ0n) is 23.6. The Hall–Kier alpha value is -4.00. The minimum Gasteiger partial charge on any atom is -0.373 e. The Morgan fingerprint density at radius 1 is 1.02 bits per heavy atom. The van der Waals surface area contributed by atoms with E-state index >= 15 is 0 Å². The third-order valence-electron chi connectivity index (χ3n) is 7.72. The number of hydrogen-bond acceptors (Lipinski definition) is 8. The first-order valence-corrected chi connectivity index (χ1v) is 14.7. The summed E-state index contributed by atoms with van der Waals surface area (Å²) in [7, 11) is 0. The Morgan fingerprint density at radius 2 is 1.86 bits per heavy atom. The second-order valence-corrected chi connectivity index (χ2v) is 11.8. The lowest BCUT2D eigenvalue weighted by molar-refractivity contribution is 0.221. The van der Waals surface area contributed by atoms with Crippen LogP contribution in [0, 0.1) is 18.3 Å². The van der Waals surface area contributed by atoms with Gasteiger partial charge in [0.25, 0.3) is 0 Å². The third-order valence-corrected chi connectivity index (χ3v) is 8.42. The maximum Gasteiger partial charge on any atom is 0.103 e. The van der Waals surface area contributed by atoms with Crippen molar-refractivity contribution in [3.63, 3.8) is 0 Å². The number of pyridine rings is 1. The molecule has 1 atom stereocenters. The van der Waals surface area contributed by atoms with Crippen molar-refractivity contribution < 1.29 is 0 Å². The number of nitrogens with zero attached hydrogens (tertiary/aromatic N) is 3. The molecule has 2 aliphatic rings. The van der Waals surface area contributed by atoms with Crippen LogP contribution in [-0.2, 0) is 13.0 Å². The molecule has 0 unspecified atom stereocenters. The molecule has 8 nitrogen and oxygen atoms in total. The molecule has 42 heavy (non-hydrogen) atoms. The van der Waals surface area contributed by atoms with Gasteiger partial charge in [-0.1, -0.05) is 47.5 Å². The van der Waals surface area contributed by atoms with E-state index in [4.69, 9.17) is 23.2 Å². The van der Waals surface area contributed by atoms with E-state index in [0.29, 0.717) is 26.8 Å². The molecule has 0 bridgehead atoms. The quantitative estimate of drug-likeness (QED) is 0.158. The first kappa shape index (κ1) is 28.1. The molecule has 2 aliphatic heterocycles. The molecule has 6 rings (SSSR count). The van der Waals surface area contributed by atoms with E-state index in [1.54, 1.807) is 6.20 Å². The number of fused-ring (bicyclic) bond motifs is 2. The molecule has 10 heteroatoms. The summed E-state index contributed by atoms with van der Waals surface area (Å²) in [6, 6.07) is 18.6. The Kier molecular flexibility index (Phi) is 7.84. The monoisotopic (exact) mass is 598 g/mol. The van der Waals surface area contributed by atoms with Crippen LogP contribution >= 0.6 is 23.2 Å². The summed E-state index contributed by atoms with van der Waals surface area (Å²) in [5, 5.41) is 24.4. The first-order valence-electron chi connectivity index (χ1n) is 14.0. The van der Waals surface area contributed by atoms with Crippen molar-refractivity contribution in [1.82, 2.24) is 26.3 Å². The summed E-state index contributed by atoms with van der Waals surface area (Å²) < 4.78 is 0. The van der Waals surface area contributed by atoms with E-state index in [1.165, 1.54) is 11.1 Å². The van der Waals surface area contributed by atoms with Crippen molar-refractivity contribution in [3.8, 4) is 6.07 Å². The van der Waals surface area contributed by atoms with Crippen LogP contribution in [-0.4, -0.2) is 22.6 Å². The molecule has 214 valence electrons. The fraction of sp³-hybridized carbons (Fsp3) is 0.250. The van der Waals surface area contributed by atoms with Crippen LogP contribution in [0.3, 0.4) is 0 Å². The molecule has 1 aromatic heterocycles. The van der Waals surface area contributed by atoms with Crippen LogP contribution in [0.5, 0.6) is 0 Å². The van der Waals surface area contributed by atoms with Gasteiger partial charge in [-0.05, 0) is 80.3 Å². The number of nitrogens with one attached hydrogen (secondary N) is 5. The lowest BCUT2D eigenvalue weighted by Crippen LogP contribution is -2.41. The molecule has 5 N–H and O–H groups in total. The topological polar surface area (TPSA) is 100 Å². The Bertz CT molecular complexity index is 1740. The Morgan fingerprint density at radius 3 is 2.62 bits per heavy atom. The number of rotatable bonds is 7. The van der Waals surface area contributed by atoms with E-state index in [1.807, 2.05) is 42.3 Å². The predicted octanol–water partition coefficient (Wildman–Crippen LogP) is 6.84. The van der Waals surface area contributed by atoms with Gasteiger partial charge in [-0.25, -0.2) is 0 Å². The maximum atomic E-state index is 9.96. The molecule has 0 radical (unpaired) electrons. The first-order chi connectivity index (χ1) is 20.3. The fourth-order valence-corrected chi connectivity index (χ4v) is 5.78. The van der Waals surface area contributed by atoms with Crippen molar-refractivity contribution in [1.29, 1.82) is 5.26 Å². The normalized spacial score (nSPS) is 15.2. The molecular formula is C32H32Cl2N8. The number of benzene rings is 3. The summed E-state index contributed by atoms with van der Waals surface area (Å²) in [4.78, 5) is 4.52. The lowest BCUT2D eigenvalue weighted by atomic mass is 9.94. The molecule has 4 aromatic rings. The van der Waals surface area contributed by atoms with Gasteiger partial charge in [0.05, 0.1) is 33.5 Å². The van der Waals surface area contributed by atoms with E-state index in [2.05, 4.69) is 76.2 Å². The van der Waals surface area contributed by atoms with Gasteiger partial charge >= 0.3 is 0 Å². The zero-order valence-corrected chi connectivity index (χ0v) is 25.2. The van der Waals surface area contributed by atoms with Crippen LogP contribution in [0.1, 0.15) is 47.7 Å². The van der Waals surface area contributed by atoms with E-state index < -0.39 is 0 Å². The molecule has 0 saturated heterocycles. The molecule has 0 saturated carbocycles.